The molecule has 0 unspecified atom stereocenters. The minimum absolute atomic E-state index is 0.0401. The Kier molecular flexibility index (Phi) is 4.81. The standard InChI is InChI=1S/C12H17BrN2O2/c1-8-6-9(13)7-10(14)12(8)17-5-4-11(16)15(2)3/h6-7H,4-5,14H2,1-3H3. The van der Waals surface area contributed by atoms with Crippen molar-refractivity contribution in [1.82, 2.24) is 4.90 Å². The number of hydrogen-bond donors (Lipinski definition) is 1. The summed E-state index contributed by atoms with van der Waals surface area (Å²) in [5, 5.41) is 0. The van der Waals surface area contributed by atoms with E-state index in [1.165, 1.54) is 0 Å². The van der Waals surface area contributed by atoms with Crippen LogP contribution in [0.3, 0.4) is 0 Å². The average molecular weight is 301 g/mol. The molecule has 0 aliphatic carbocycles. The van der Waals surface area contributed by atoms with E-state index in [4.69, 9.17) is 10.5 Å². The van der Waals surface area contributed by atoms with E-state index in [1.54, 1.807) is 25.1 Å². The molecule has 0 aliphatic rings. The van der Waals surface area contributed by atoms with Gasteiger partial charge in [0.1, 0.15) is 5.75 Å². The third kappa shape index (κ3) is 3.93. The van der Waals surface area contributed by atoms with E-state index in [0.717, 1.165) is 10.0 Å². The molecule has 0 radical (unpaired) electrons. The van der Waals surface area contributed by atoms with Crippen molar-refractivity contribution in [1.29, 1.82) is 0 Å². The summed E-state index contributed by atoms with van der Waals surface area (Å²) in [5.74, 6) is 0.693. The number of aryl methyl sites for hydroxylation is 1. The molecule has 0 fully saturated rings. The monoisotopic (exact) mass is 300 g/mol. The summed E-state index contributed by atoms with van der Waals surface area (Å²) in [7, 11) is 3.45. The van der Waals surface area contributed by atoms with Crippen LogP contribution in [0.5, 0.6) is 5.75 Å². The topological polar surface area (TPSA) is 55.6 Å². The van der Waals surface area contributed by atoms with Crippen LogP contribution in [0, 0.1) is 6.92 Å². The van der Waals surface area contributed by atoms with Crippen molar-refractivity contribution < 1.29 is 9.53 Å². The number of amides is 1. The molecule has 0 heterocycles. The van der Waals surface area contributed by atoms with E-state index >= 15 is 0 Å². The van der Waals surface area contributed by atoms with Gasteiger partial charge in [0, 0.05) is 18.6 Å². The molecular weight excluding hydrogens is 284 g/mol. The van der Waals surface area contributed by atoms with Gasteiger partial charge in [0.05, 0.1) is 18.7 Å². The SMILES string of the molecule is Cc1cc(Br)cc(N)c1OCCC(=O)N(C)C. The van der Waals surface area contributed by atoms with Crippen molar-refractivity contribution in [2.75, 3.05) is 26.4 Å². The van der Waals surface area contributed by atoms with Crippen molar-refractivity contribution in [2.45, 2.75) is 13.3 Å². The van der Waals surface area contributed by atoms with Crippen LogP contribution in [-0.2, 0) is 4.79 Å². The first-order valence-electron chi connectivity index (χ1n) is 5.30. The molecule has 0 aromatic heterocycles. The Morgan fingerprint density at radius 2 is 2.12 bits per heavy atom. The van der Waals surface area contributed by atoms with Crippen LogP contribution < -0.4 is 10.5 Å². The maximum absolute atomic E-state index is 11.4. The summed E-state index contributed by atoms with van der Waals surface area (Å²) in [4.78, 5) is 12.9. The Morgan fingerprint density at radius 1 is 1.47 bits per heavy atom. The second-order valence-electron chi connectivity index (χ2n) is 4.03. The first-order chi connectivity index (χ1) is 7.91. The molecule has 0 saturated heterocycles. The number of ether oxygens (including phenoxy) is 1. The van der Waals surface area contributed by atoms with Crippen LogP contribution in [0.4, 0.5) is 5.69 Å². The molecular formula is C12H17BrN2O2. The Labute approximate surface area is 110 Å². The first-order valence-corrected chi connectivity index (χ1v) is 6.09. The quantitative estimate of drug-likeness (QED) is 0.867. The number of anilines is 1. The van der Waals surface area contributed by atoms with Gasteiger partial charge in [0.25, 0.3) is 0 Å². The lowest BCUT2D eigenvalue weighted by atomic mass is 10.2. The lowest BCUT2D eigenvalue weighted by Gasteiger charge is -2.14. The zero-order chi connectivity index (χ0) is 13.0. The number of carbonyl (C=O) groups is 1. The number of rotatable bonds is 4. The number of halogens is 1. The fourth-order valence-corrected chi connectivity index (χ4v) is 2.01. The predicted molar refractivity (Wildman–Crippen MR) is 72.1 cm³/mol. The summed E-state index contributed by atoms with van der Waals surface area (Å²) >= 11 is 3.36. The van der Waals surface area contributed by atoms with E-state index in [0.29, 0.717) is 24.5 Å². The Bertz CT molecular complexity index is 396. The van der Waals surface area contributed by atoms with Crippen molar-refractivity contribution in [3.63, 3.8) is 0 Å². The molecule has 0 atom stereocenters. The second-order valence-corrected chi connectivity index (χ2v) is 4.94. The largest absolute Gasteiger partial charge is 0.491 e. The fraction of sp³-hybridized carbons (Fsp3) is 0.417. The van der Waals surface area contributed by atoms with Gasteiger partial charge in [0.15, 0.2) is 0 Å². The van der Waals surface area contributed by atoms with E-state index in [9.17, 15) is 4.79 Å². The summed E-state index contributed by atoms with van der Waals surface area (Å²) in [6.45, 7) is 2.26. The smallest absolute Gasteiger partial charge is 0.225 e. The number of nitrogens with two attached hydrogens (primary N) is 1. The van der Waals surface area contributed by atoms with Gasteiger partial charge >= 0.3 is 0 Å². The van der Waals surface area contributed by atoms with Crippen molar-refractivity contribution in [3.05, 3.63) is 22.2 Å². The van der Waals surface area contributed by atoms with E-state index < -0.39 is 0 Å². The molecule has 0 bridgehead atoms. The first kappa shape index (κ1) is 13.8. The third-order valence-electron chi connectivity index (χ3n) is 2.33. The van der Waals surface area contributed by atoms with Gasteiger partial charge in [-0.2, -0.15) is 0 Å². The molecule has 1 aromatic rings. The molecule has 0 saturated carbocycles. The number of nitrogen functional groups attached to an aromatic ring is 1. The Balaban J connectivity index is 2.61. The van der Waals surface area contributed by atoms with Crippen molar-refractivity contribution in [3.8, 4) is 5.75 Å². The van der Waals surface area contributed by atoms with Crippen molar-refractivity contribution in [2.24, 2.45) is 0 Å². The highest BCUT2D eigenvalue weighted by atomic mass is 79.9. The van der Waals surface area contributed by atoms with Gasteiger partial charge in [-0.3, -0.25) is 4.79 Å². The van der Waals surface area contributed by atoms with E-state index in [1.807, 2.05) is 13.0 Å². The minimum Gasteiger partial charge on any atom is -0.491 e. The maximum Gasteiger partial charge on any atom is 0.225 e. The van der Waals surface area contributed by atoms with Gasteiger partial charge in [0.2, 0.25) is 5.91 Å². The molecule has 0 spiro atoms. The number of nitrogens with zero attached hydrogens (tertiary/aromatic N) is 1. The van der Waals surface area contributed by atoms with Crippen LogP contribution in [0.1, 0.15) is 12.0 Å². The molecule has 1 amide bonds. The maximum atomic E-state index is 11.4. The fourth-order valence-electron chi connectivity index (χ4n) is 1.42. The zero-order valence-corrected chi connectivity index (χ0v) is 11.9. The summed E-state index contributed by atoms with van der Waals surface area (Å²) in [6, 6.07) is 3.72. The number of carbonyl (C=O) groups excluding carboxylic acids is 1. The number of hydrogen-bond acceptors (Lipinski definition) is 3. The van der Waals surface area contributed by atoms with Crippen LogP contribution in [-0.4, -0.2) is 31.5 Å². The highest BCUT2D eigenvalue weighted by molar-refractivity contribution is 9.10. The lowest BCUT2D eigenvalue weighted by molar-refractivity contribution is -0.129. The third-order valence-corrected chi connectivity index (χ3v) is 2.79. The number of benzene rings is 1. The predicted octanol–water partition coefficient (Wildman–Crippen LogP) is 2.20. The zero-order valence-electron chi connectivity index (χ0n) is 10.3. The van der Waals surface area contributed by atoms with Crippen LogP contribution >= 0.6 is 15.9 Å². The lowest BCUT2D eigenvalue weighted by Crippen LogP contribution is -2.23. The van der Waals surface area contributed by atoms with Gasteiger partial charge in [-0.1, -0.05) is 15.9 Å². The molecule has 1 aromatic carbocycles. The second kappa shape index (κ2) is 5.91. The Hall–Kier alpha value is -1.23. The normalized spacial score (nSPS) is 10.1. The van der Waals surface area contributed by atoms with Crippen molar-refractivity contribution >= 4 is 27.5 Å². The summed E-state index contributed by atoms with van der Waals surface area (Å²) < 4.78 is 6.47. The van der Waals surface area contributed by atoms with Gasteiger partial charge in [-0.25, -0.2) is 0 Å². The van der Waals surface area contributed by atoms with Crippen LogP contribution in [0.25, 0.3) is 0 Å². The van der Waals surface area contributed by atoms with E-state index in [-0.39, 0.29) is 5.91 Å². The average Bonchev–Trinajstić information content (AvgIpc) is 2.21. The molecule has 2 N–H and O–H groups in total. The van der Waals surface area contributed by atoms with E-state index in [2.05, 4.69) is 15.9 Å². The summed E-state index contributed by atoms with van der Waals surface area (Å²) in [5.41, 5.74) is 7.38. The van der Waals surface area contributed by atoms with Crippen LogP contribution in [0.15, 0.2) is 16.6 Å². The summed E-state index contributed by atoms with van der Waals surface area (Å²) in [6.07, 6.45) is 0.349. The molecule has 17 heavy (non-hydrogen) atoms. The Morgan fingerprint density at radius 3 is 2.65 bits per heavy atom. The molecule has 5 heteroatoms. The molecule has 0 aliphatic heterocycles. The molecule has 94 valence electrons. The minimum atomic E-state index is 0.0401. The molecule has 1 rings (SSSR count). The van der Waals surface area contributed by atoms with Gasteiger partial charge in [-0.15, -0.1) is 0 Å². The molecule has 4 nitrogen and oxygen atoms in total. The highest BCUT2D eigenvalue weighted by Gasteiger charge is 2.08. The van der Waals surface area contributed by atoms with Gasteiger partial charge < -0.3 is 15.4 Å². The highest BCUT2D eigenvalue weighted by Crippen LogP contribution is 2.30. The van der Waals surface area contributed by atoms with Gasteiger partial charge in [-0.05, 0) is 24.6 Å². The van der Waals surface area contributed by atoms with Crippen LogP contribution in [0.2, 0.25) is 0 Å².